The Bertz CT molecular complexity index is 821. The minimum Gasteiger partial charge on any atom is -0.507 e. The predicted molar refractivity (Wildman–Crippen MR) is 112 cm³/mol. The van der Waals surface area contributed by atoms with E-state index in [0.29, 0.717) is 29.9 Å². The third-order valence-corrected chi connectivity index (χ3v) is 4.42. The van der Waals surface area contributed by atoms with Crippen molar-refractivity contribution in [2.75, 3.05) is 12.4 Å². The molecular weight excluding hydrogens is 338 g/mol. The molecule has 4 heteroatoms. The smallest absolute Gasteiger partial charge is 0.185 e. The highest BCUT2D eigenvalue weighted by Gasteiger charge is 2.17. The van der Waals surface area contributed by atoms with Crippen LogP contribution in [-0.2, 0) is 12.8 Å². The lowest BCUT2D eigenvalue weighted by atomic mass is 9.98. The van der Waals surface area contributed by atoms with E-state index in [9.17, 15) is 9.90 Å². The summed E-state index contributed by atoms with van der Waals surface area (Å²) in [5.74, 6) is 0.871. The Hall–Kier alpha value is -2.75. The van der Waals surface area contributed by atoms with Gasteiger partial charge in [-0.2, -0.15) is 0 Å². The number of phenolic OH excluding ortho intramolecular Hbond substituents is 1. The number of phenols is 1. The van der Waals surface area contributed by atoms with Crippen LogP contribution in [0.4, 0.5) is 5.69 Å². The van der Waals surface area contributed by atoms with Gasteiger partial charge >= 0.3 is 0 Å². The van der Waals surface area contributed by atoms with E-state index in [1.54, 1.807) is 24.3 Å². The molecule has 2 aromatic carbocycles. The average Bonchev–Trinajstić information content (AvgIpc) is 2.67. The zero-order chi connectivity index (χ0) is 20.0. The second-order valence-electron chi connectivity index (χ2n) is 6.68. The molecule has 0 aromatic heterocycles. The van der Waals surface area contributed by atoms with Crippen LogP contribution in [0, 0.1) is 0 Å². The van der Waals surface area contributed by atoms with E-state index >= 15 is 0 Å². The molecule has 0 unspecified atom stereocenters. The minimum absolute atomic E-state index is 0.0286. The molecule has 2 rings (SSSR count). The number of ketones is 1. The number of benzene rings is 2. The molecule has 0 aliphatic rings. The number of carbonyl (C=O) groups excluding carboxylic acids is 1. The molecule has 0 amide bonds. The van der Waals surface area contributed by atoms with Gasteiger partial charge in [-0.15, -0.1) is 0 Å². The second kappa shape index (κ2) is 9.26. The average molecular weight is 367 g/mol. The normalized spacial score (nSPS) is 11.2. The maximum absolute atomic E-state index is 12.5. The molecule has 0 atom stereocenters. The lowest BCUT2D eigenvalue weighted by Crippen LogP contribution is -2.09. The largest absolute Gasteiger partial charge is 0.507 e. The van der Waals surface area contributed by atoms with Crippen LogP contribution in [0.15, 0.2) is 36.4 Å². The molecular formula is C23H29NO3. The molecule has 2 N–H and O–H groups in total. The summed E-state index contributed by atoms with van der Waals surface area (Å²) in [6.45, 7) is 7.89. The molecule has 0 fully saturated rings. The fourth-order valence-corrected chi connectivity index (χ4v) is 2.96. The van der Waals surface area contributed by atoms with E-state index in [4.69, 9.17) is 4.74 Å². The van der Waals surface area contributed by atoms with Crippen molar-refractivity contribution in [3.8, 4) is 11.5 Å². The Labute approximate surface area is 161 Å². The van der Waals surface area contributed by atoms with Crippen LogP contribution in [0.5, 0.6) is 11.5 Å². The molecule has 27 heavy (non-hydrogen) atoms. The number of hydrogen-bond donors (Lipinski definition) is 2. The van der Waals surface area contributed by atoms with Gasteiger partial charge in [-0.1, -0.05) is 13.8 Å². The van der Waals surface area contributed by atoms with Crippen molar-refractivity contribution in [1.29, 1.82) is 0 Å². The summed E-state index contributed by atoms with van der Waals surface area (Å²) in [4.78, 5) is 12.5. The van der Waals surface area contributed by atoms with Gasteiger partial charge in [0.15, 0.2) is 5.78 Å². The van der Waals surface area contributed by atoms with Crippen molar-refractivity contribution >= 4 is 17.5 Å². The standard InChI is InChI=1S/C23H29NO3/c1-6-16-14-18(23(27-15(3)4)20(7-2)22(16)26)10-13-21(25)17-8-11-19(24-5)12-9-17/h8-15,24,26H,6-7H2,1-5H3/b13-10+. The van der Waals surface area contributed by atoms with Crippen LogP contribution >= 0.6 is 0 Å². The lowest BCUT2D eigenvalue weighted by molar-refractivity contribution is 0.104. The third kappa shape index (κ3) is 4.91. The van der Waals surface area contributed by atoms with Gasteiger partial charge in [0.05, 0.1) is 6.10 Å². The quantitative estimate of drug-likeness (QED) is 0.495. The zero-order valence-corrected chi connectivity index (χ0v) is 16.8. The fraction of sp³-hybridized carbons (Fsp3) is 0.348. The summed E-state index contributed by atoms with van der Waals surface area (Å²) in [5.41, 5.74) is 4.04. The molecule has 0 heterocycles. The van der Waals surface area contributed by atoms with E-state index in [-0.39, 0.29) is 11.9 Å². The van der Waals surface area contributed by atoms with Crippen molar-refractivity contribution in [1.82, 2.24) is 0 Å². The highest BCUT2D eigenvalue weighted by molar-refractivity contribution is 6.07. The first kappa shape index (κ1) is 20.6. The number of allylic oxidation sites excluding steroid dienone is 1. The first-order valence-corrected chi connectivity index (χ1v) is 9.45. The Morgan fingerprint density at radius 1 is 1.19 bits per heavy atom. The summed E-state index contributed by atoms with van der Waals surface area (Å²) in [6, 6.07) is 9.25. The lowest BCUT2D eigenvalue weighted by Gasteiger charge is -2.19. The molecule has 0 saturated heterocycles. The van der Waals surface area contributed by atoms with E-state index in [2.05, 4.69) is 5.32 Å². The van der Waals surface area contributed by atoms with Crippen LogP contribution in [-0.4, -0.2) is 24.0 Å². The SMILES string of the molecule is CCc1cc(/C=C/C(=O)c2ccc(NC)cc2)c(OC(C)C)c(CC)c1O. The number of ether oxygens (including phenoxy) is 1. The van der Waals surface area contributed by atoms with E-state index in [1.807, 2.05) is 52.9 Å². The summed E-state index contributed by atoms with van der Waals surface area (Å²) in [7, 11) is 1.84. The molecule has 0 aliphatic heterocycles. The number of anilines is 1. The Morgan fingerprint density at radius 3 is 2.37 bits per heavy atom. The van der Waals surface area contributed by atoms with Gasteiger partial charge < -0.3 is 15.2 Å². The third-order valence-electron chi connectivity index (χ3n) is 4.42. The molecule has 2 aromatic rings. The molecule has 144 valence electrons. The number of rotatable bonds is 8. The van der Waals surface area contributed by atoms with Gasteiger partial charge in [0.2, 0.25) is 0 Å². The zero-order valence-electron chi connectivity index (χ0n) is 16.8. The molecule has 0 aliphatic carbocycles. The summed E-state index contributed by atoms with van der Waals surface area (Å²) in [5, 5.41) is 13.6. The Kier molecular flexibility index (Phi) is 7.05. The predicted octanol–water partition coefficient (Wildman–Crippen LogP) is 5.24. The number of aryl methyl sites for hydroxylation is 1. The van der Waals surface area contributed by atoms with Crippen molar-refractivity contribution in [2.24, 2.45) is 0 Å². The highest BCUT2D eigenvalue weighted by atomic mass is 16.5. The number of aromatic hydroxyl groups is 1. The van der Waals surface area contributed by atoms with Gasteiger partial charge in [-0.25, -0.2) is 0 Å². The van der Waals surface area contributed by atoms with Gasteiger partial charge in [0.1, 0.15) is 11.5 Å². The van der Waals surface area contributed by atoms with Crippen molar-refractivity contribution < 1.29 is 14.6 Å². The van der Waals surface area contributed by atoms with Crippen molar-refractivity contribution in [3.05, 3.63) is 58.7 Å². The molecule has 4 nitrogen and oxygen atoms in total. The van der Waals surface area contributed by atoms with Crippen LogP contribution in [0.1, 0.15) is 54.7 Å². The number of hydrogen-bond acceptors (Lipinski definition) is 4. The van der Waals surface area contributed by atoms with E-state index in [1.165, 1.54) is 0 Å². The van der Waals surface area contributed by atoms with Gasteiger partial charge in [-0.05, 0) is 74.7 Å². The molecule has 0 spiro atoms. The maximum atomic E-state index is 12.5. The van der Waals surface area contributed by atoms with Gasteiger partial charge in [-0.3, -0.25) is 4.79 Å². The van der Waals surface area contributed by atoms with Gasteiger partial charge in [0, 0.05) is 29.4 Å². The molecule has 0 saturated carbocycles. The topological polar surface area (TPSA) is 58.6 Å². The van der Waals surface area contributed by atoms with Crippen LogP contribution in [0.3, 0.4) is 0 Å². The van der Waals surface area contributed by atoms with Crippen molar-refractivity contribution in [2.45, 2.75) is 46.6 Å². The monoisotopic (exact) mass is 367 g/mol. The maximum Gasteiger partial charge on any atom is 0.185 e. The summed E-state index contributed by atoms with van der Waals surface area (Å²) >= 11 is 0. The number of nitrogens with one attached hydrogen (secondary N) is 1. The molecule has 0 radical (unpaired) electrons. The second-order valence-corrected chi connectivity index (χ2v) is 6.68. The van der Waals surface area contributed by atoms with E-state index < -0.39 is 0 Å². The first-order chi connectivity index (χ1) is 12.9. The molecule has 0 bridgehead atoms. The van der Waals surface area contributed by atoms with Crippen LogP contribution in [0.25, 0.3) is 6.08 Å². The van der Waals surface area contributed by atoms with Crippen molar-refractivity contribution in [3.63, 3.8) is 0 Å². The first-order valence-electron chi connectivity index (χ1n) is 9.45. The van der Waals surface area contributed by atoms with Crippen LogP contribution in [0.2, 0.25) is 0 Å². The minimum atomic E-state index is -0.0719. The summed E-state index contributed by atoms with van der Waals surface area (Å²) < 4.78 is 5.99. The Morgan fingerprint density at radius 2 is 1.85 bits per heavy atom. The fourth-order valence-electron chi connectivity index (χ4n) is 2.96. The summed E-state index contributed by atoms with van der Waals surface area (Å²) in [6.07, 6.45) is 4.68. The highest BCUT2D eigenvalue weighted by Crippen LogP contribution is 2.37. The van der Waals surface area contributed by atoms with Gasteiger partial charge in [0.25, 0.3) is 0 Å². The van der Waals surface area contributed by atoms with E-state index in [0.717, 1.165) is 22.4 Å². The number of carbonyl (C=O) groups is 1. The van der Waals surface area contributed by atoms with Crippen LogP contribution < -0.4 is 10.1 Å². The Balaban J connectivity index is 2.42.